The van der Waals surface area contributed by atoms with Crippen molar-refractivity contribution >= 4 is 11.8 Å². The molecular formula is C23H26N6O3. The number of hydrogen-bond acceptors (Lipinski definition) is 6. The number of pyridine rings is 1. The Morgan fingerprint density at radius 1 is 1.12 bits per heavy atom. The van der Waals surface area contributed by atoms with Gasteiger partial charge in [-0.3, -0.25) is 14.5 Å². The van der Waals surface area contributed by atoms with E-state index in [4.69, 9.17) is 5.73 Å². The molecule has 2 unspecified atom stereocenters. The first-order chi connectivity index (χ1) is 15.5. The van der Waals surface area contributed by atoms with Gasteiger partial charge in [-0.25, -0.2) is 9.67 Å². The van der Waals surface area contributed by atoms with Crippen LogP contribution in [-0.4, -0.2) is 61.8 Å². The maximum atomic E-state index is 13.1. The number of nitrogens with two attached hydrogens (primary N) is 1. The van der Waals surface area contributed by atoms with Gasteiger partial charge in [0.2, 0.25) is 5.91 Å². The minimum Gasteiger partial charge on any atom is -0.381 e. The van der Waals surface area contributed by atoms with Crippen molar-refractivity contribution < 1.29 is 14.7 Å². The Morgan fingerprint density at radius 2 is 1.91 bits per heavy atom. The molecule has 0 radical (unpaired) electrons. The molecule has 3 aromatic rings. The van der Waals surface area contributed by atoms with Crippen LogP contribution in [0.5, 0.6) is 0 Å². The number of aliphatic hydroxyl groups is 1. The number of aliphatic hydroxyl groups excluding tert-OH is 1. The fourth-order valence-corrected chi connectivity index (χ4v) is 3.64. The molecule has 2 aromatic heterocycles. The average Bonchev–Trinajstić information content (AvgIpc) is 3.24. The number of rotatable bonds is 9. The van der Waals surface area contributed by atoms with Crippen molar-refractivity contribution in [1.29, 1.82) is 0 Å². The minimum atomic E-state index is -1.54. The molecule has 166 valence electrons. The molecule has 32 heavy (non-hydrogen) atoms. The number of nitrogens with one attached hydrogen (secondary N) is 1. The van der Waals surface area contributed by atoms with E-state index in [1.807, 2.05) is 36.4 Å². The first-order valence-corrected chi connectivity index (χ1v) is 10.6. The van der Waals surface area contributed by atoms with E-state index in [-0.39, 0.29) is 12.0 Å². The number of nitrogens with zero attached hydrogens (tertiary/aromatic N) is 4. The molecule has 1 saturated heterocycles. The topological polar surface area (TPSA) is 126 Å². The van der Waals surface area contributed by atoms with Crippen LogP contribution in [-0.2, 0) is 17.8 Å². The zero-order chi connectivity index (χ0) is 22.5. The predicted octanol–water partition coefficient (Wildman–Crippen LogP) is 0.660. The summed E-state index contributed by atoms with van der Waals surface area (Å²) in [7, 11) is 0. The van der Waals surface area contributed by atoms with Crippen LogP contribution < -0.4 is 11.1 Å². The number of amides is 2. The average molecular weight is 435 g/mol. The second-order valence-electron chi connectivity index (χ2n) is 7.87. The molecule has 0 spiro atoms. The van der Waals surface area contributed by atoms with E-state index in [0.717, 1.165) is 30.9 Å². The number of carbonyl (C=O) groups is 2. The molecule has 0 saturated carbocycles. The number of likely N-dealkylation sites (tertiary alicyclic amines) is 1. The fraction of sp³-hybridized carbons (Fsp3) is 0.304. The highest BCUT2D eigenvalue weighted by Crippen LogP contribution is 2.15. The molecular weight excluding hydrogens is 408 g/mol. The Labute approximate surface area is 185 Å². The van der Waals surface area contributed by atoms with Crippen LogP contribution in [0.2, 0.25) is 0 Å². The SMILES string of the molecule is NC(=O)C(O)C(Cc1ccccc1)NC(=O)c1cccnc1-n1ccc(CN2CCC2)n1. The van der Waals surface area contributed by atoms with Gasteiger partial charge in [-0.15, -0.1) is 0 Å². The van der Waals surface area contributed by atoms with Crippen molar-refractivity contribution in [3.8, 4) is 5.82 Å². The molecule has 3 heterocycles. The molecule has 1 aliphatic rings. The van der Waals surface area contributed by atoms with Gasteiger partial charge >= 0.3 is 0 Å². The van der Waals surface area contributed by atoms with Crippen molar-refractivity contribution in [2.45, 2.75) is 31.5 Å². The lowest BCUT2D eigenvalue weighted by atomic mass is 10.0. The van der Waals surface area contributed by atoms with Crippen LogP contribution in [0.4, 0.5) is 0 Å². The summed E-state index contributed by atoms with van der Waals surface area (Å²) >= 11 is 0. The molecule has 4 rings (SSSR count). The maximum absolute atomic E-state index is 13.1. The van der Waals surface area contributed by atoms with E-state index in [1.165, 1.54) is 6.42 Å². The first kappa shape index (κ1) is 21.7. The summed E-state index contributed by atoms with van der Waals surface area (Å²) in [6, 6.07) is 13.6. The monoisotopic (exact) mass is 434 g/mol. The highest BCUT2D eigenvalue weighted by atomic mass is 16.3. The fourth-order valence-electron chi connectivity index (χ4n) is 3.64. The van der Waals surface area contributed by atoms with E-state index >= 15 is 0 Å². The van der Waals surface area contributed by atoms with Gasteiger partial charge in [0.15, 0.2) is 11.9 Å². The van der Waals surface area contributed by atoms with E-state index in [1.54, 1.807) is 29.2 Å². The van der Waals surface area contributed by atoms with Gasteiger partial charge in [0.1, 0.15) is 0 Å². The lowest BCUT2D eigenvalue weighted by Crippen LogP contribution is -2.50. The third-order valence-electron chi connectivity index (χ3n) is 5.51. The van der Waals surface area contributed by atoms with Gasteiger partial charge < -0.3 is 16.2 Å². The summed E-state index contributed by atoms with van der Waals surface area (Å²) in [5.41, 5.74) is 7.34. The molecule has 2 amide bonds. The van der Waals surface area contributed by atoms with Gasteiger partial charge in [-0.2, -0.15) is 5.10 Å². The minimum absolute atomic E-state index is 0.244. The Morgan fingerprint density at radius 3 is 2.59 bits per heavy atom. The second kappa shape index (κ2) is 9.71. The molecule has 1 aromatic carbocycles. The Hall–Kier alpha value is -3.56. The largest absolute Gasteiger partial charge is 0.381 e. The van der Waals surface area contributed by atoms with Crippen molar-refractivity contribution in [2.24, 2.45) is 5.73 Å². The Balaban J connectivity index is 1.54. The molecule has 1 fully saturated rings. The summed E-state index contributed by atoms with van der Waals surface area (Å²) < 4.78 is 1.57. The zero-order valence-corrected chi connectivity index (χ0v) is 17.6. The number of primary amides is 1. The van der Waals surface area contributed by atoms with Gasteiger partial charge in [-0.1, -0.05) is 30.3 Å². The lowest BCUT2D eigenvalue weighted by molar-refractivity contribution is -0.127. The highest BCUT2D eigenvalue weighted by Gasteiger charge is 2.28. The number of hydrogen-bond donors (Lipinski definition) is 3. The van der Waals surface area contributed by atoms with Gasteiger partial charge in [-0.05, 0) is 49.7 Å². The summed E-state index contributed by atoms with van der Waals surface area (Å²) in [5.74, 6) is -1.01. The Bertz CT molecular complexity index is 1080. The third kappa shape index (κ3) is 5.01. The maximum Gasteiger partial charge on any atom is 0.255 e. The highest BCUT2D eigenvalue weighted by molar-refractivity contribution is 5.97. The van der Waals surface area contributed by atoms with E-state index in [2.05, 4.69) is 20.3 Å². The molecule has 0 bridgehead atoms. The van der Waals surface area contributed by atoms with Crippen LogP contribution in [0, 0.1) is 0 Å². The molecule has 4 N–H and O–H groups in total. The normalized spacial score (nSPS) is 15.5. The lowest BCUT2D eigenvalue weighted by Gasteiger charge is -2.29. The van der Waals surface area contributed by atoms with Gasteiger partial charge in [0, 0.05) is 18.9 Å². The summed E-state index contributed by atoms with van der Waals surface area (Å²) in [4.78, 5) is 31.4. The second-order valence-corrected chi connectivity index (χ2v) is 7.87. The smallest absolute Gasteiger partial charge is 0.255 e. The first-order valence-electron chi connectivity index (χ1n) is 10.6. The van der Waals surface area contributed by atoms with Crippen molar-refractivity contribution in [2.75, 3.05) is 13.1 Å². The molecule has 9 heteroatoms. The van der Waals surface area contributed by atoms with Crippen molar-refractivity contribution in [3.63, 3.8) is 0 Å². The predicted molar refractivity (Wildman–Crippen MR) is 118 cm³/mol. The van der Waals surface area contributed by atoms with Gasteiger partial charge in [0.25, 0.3) is 5.91 Å². The van der Waals surface area contributed by atoms with Crippen LogP contribution in [0.15, 0.2) is 60.9 Å². The zero-order valence-electron chi connectivity index (χ0n) is 17.6. The van der Waals surface area contributed by atoms with Crippen LogP contribution in [0.1, 0.15) is 28.0 Å². The van der Waals surface area contributed by atoms with E-state index < -0.39 is 24.0 Å². The Kier molecular flexibility index (Phi) is 6.58. The van der Waals surface area contributed by atoms with Crippen LogP contribution >= 0.6 is 0 Å². The molecule has 2 atom stereocenters. The van der Waals surface area contributed by atoms with Gasteiger partial charge in [0.05, 0.1) is 17.3 Å². The van der Waals surface area contributed by atoms with E-state index in [9.17, 15) is 14.7 Å². The molecule has 1 aliphatic heterocycles. The number of benzene rings is 1. The van der Waals surface area contributed by atoms with Crippen molar-refractivity contribution in [3.05, 3.63) is 77.7 Å². The molecule has 0 aliphatic carbocycles. The standard InChI is InChI=1S/C23H26N6O3/c24-21(31)20(30)19(14-16-6-2-1-3-7-16)26-23(32)18-8-4-10-25-22(18)29-13-9-17(27-29)15-28-11-5-12-28/h1-4,6-10,13,19-20,30H,5,11-12,14-15H2,(H2,24,31)(H,26,32). The quantitative estimate of drug-likeness (QED) is 0.454. The van der Waals surface area contributed by atoms with E-state index in [0.29, 0.717) is 5.82 Å². The van der Waals surface area contributed by atoms with Crippen molar-refractivity contribution in [1.82, 2.24) is 25.0 Å². The summed E-state index contributed by atoms with van der Waals surface area (Å²) in [5, 5.41) is 17.6. The van der Waals surface area contributed by atoms with Crippen LogP contribution in [0.25, 0.3) is 5.82 Å². The summed E-state index contributed by atoms with van der Waals surface area (Å²) in [6.07, 6.45) is 3.27. The number of carbonyl (C=O) groups excluding carboxylic acids is 2. The summed E-state index contributed by atoms with van der Waals surface area (Å²) in [6.45, 7) is 2.88. The number of aromatic nitrogens is 3. The van der Waals surface area contributed by atoms with Crippen LogP contribution in [0.3, 0.4) is 0 Å². The third-order valence-corrected chi connectivity index (χ3v) is 5.51. The molecule has 9 nitrogen and oxygen atoms in total.